The molecule has 3 amide bonds. The maximum atomic E-state index is 10.4. The van der Waals surface area contributed by atoms with Crippen LogP contribution in [0.4, 0.5) is 14.4 Å². The molecule has 0 saturated carbocycles. The third-order valence-electron chi connectivity index (χ3n) is 3.97. The third-order valence-corrected chi connectivity index (χ3v) is 3.97. The maximum absolute atomic E-state index is 10.4. The zero-order valence-corrected chi connectivity index (χ0v) is 22.4. The van der Waals surface area contributed by atoms with Crippen LogP contribution in [0.15, 0.2) is 0 Å². The minimum Gasteiger partial charge on any atom is -0.530 e. The molecule has 1 radical (unpaired) electrons. The topological polar surface area (TPSA) is 130 Å². The second kappa shape index (κ2) is 18.0. The average Bonchev–Trinajstić information content (AvgIpc) is 2.43. The van der Waals surface area contributed by atoms with Gasteiger partial charge in [0, 0.05) is 36.3 Å². The molecular weight excluding hydrogens is 442 g/mol. The van der Waals surface area contributed by atoms with Crippen molar-refractivity contribution < 1.29 is 47.1 Å². The van der Waals surface area contributed by atoms with Gasteiger partial charge in [0.25, 0.3) is 0 Å². The van der Waals surface area contributed by atoms with Gasteiger partial charge < -0.3 is 44.4 Å². The first-order valence-electron chi connectivity index (χ1n) is 10.4. The number of hydrogen-bond donors (Lipinski definition) is 0. The van der Waals surface area contributed by atoms with Gasteiger partial charge in [-0.25, -0.2) is 0 Å². The number of carbonyl (C=O) groups excluding carboxylic acids is 3. The fourth-order valence-electron chi connectivity index (χ4n) is 3.05. The molecular formula is C21H42CrN3O6. The Bertz CT molecular complexity index is 416. The molecule has 0 saturated heterocycles. The van der Waals surface area contributed by atoms with Crippen molar-refractivity contribution in [2.45, 2.75) is 119 Å². The van der Waals surface area contributed by atoms with Crippen LogP contribution in [0.5, 0.6) is 0 Å². The summed E-state index contributed by atoms with van der Waals surface area (Å²) in [7, 11) is 0. The number of amides is 3. The Hall–Kier alpha value is -1.66. The van der Waals surface area contributed by atoms with Crippen LogP contribution >= 0.6 is 0 Å². The second-order valence-electron chi connectivity index (χ2n) is 8.58. The fourth-order valence-corrected chi connectivity index (χ4v) is 3.05. The van der Waals surface area contributed by atoms with Crippen LogP contribution < -0.4 is 15.3 Å². The first-order chi connectivity index (χ1) is 13.4. The Balaban J connectivity index is -0.000000174. The van der Waals surface area contributed by atoms with E-state index in [4.69, 9.17) is 0 Å². The Labute approximate surface area is 199 Å². The minimum atomic E-state index is -1.09. The Morgan fingerprint density at radius 1 is 0.419 bits per heavy atom. The smallest absolute Gasteiger partial charge is 0.530 e. The van der Waals surface area contributed by atoms with Gasteiger partial charge in [0.2, 0.25) is 0 Å². The maximum Gasteiger partial charge on any atom is 3.00 e. The SMILES string of the molecule is CC(C)N(C(=O)[O-])C(C)C.CC(C)N(C(=O)[O-])C(C)C.CC(C)N(C(=O)[O-])C(C)C.[Cr+3]. The van der Waals surface area contributed by atoms with Crippen molar-refractivity contribution in [3.8, 4) is 0 Å². The van der Waals surface area contributed by atoms with Crippen LogP contribution in [0.3, 0.4) is 0 Å². The molecule has 10 heteroatoms. The van der Waals surface area contributed by atoms with Crippen LogP contribution in [-0.4, -0.2) is 69.2 Å². The van der Waals surface area contributed by atoms with Crippen LogP contribution in [-0.2, 0) is 17.4 Å². The Kier molecular flexibility index (Phi) is 21.3. The van der Waals surface area contributed by atoms with Crippen molar-refractivity contribution >= 4 is 18.3 Å². The normalized spacial score (nSPS) is 10.3. The molecule has 0 atom stereocenters. The first-order valence-corrected chi connectivity index (χ1v) is 10.4. The van der Waals surface area contributed by atoms with E-state index in [0.717, 1.165) is 0 Å². The predicted octanol–water partition coefficient (Wildman–Crippen LogP) is 1.34. The summed E-state index contributed by atoms with van der Waals surface area (Å²) < 4.78 is 0. The van der Waals surface area contributed by atoms with E-state index >= 15 is 0 Å². The standard InChI is InChI=1S/3C7H15NO2.Cr/c3*1-5(2)8(6(3)4)7(9)10;/h3*5-6H,1-4H3,(H,9,10);/q;;;+3/p-3. The van der Waals surface area contributed by atoms with E-state index < -0.39 is 18.3 Å². The molecule has 183 valence electrons. The first kappa shape index (κ1) is 36.7. The molecule has 0 aliphatic carbocycles. The molecule has 0 aliphatic heterocycles. The van der Waals surface area contributed by atoms with Gasteiger partial charge >= 0.3 is 17.4 Å². The van der Waals surface area contributed by atoms with Crippen molar-refractivity contribution in [2.75, 3.05) is 0 Å². The Morgan fingerprint density at radius 2 is 0.516 bits per heavy atom. The van der Waals surface area contributed by atoms with Crippen molar-refractivity contribution in [3.05, 3.63) is 0 Å². The molecule has 0 aliphatic rings. The molecule has 0 aromatic carbocycles. The zero-order valence-electron chi connectivity index (χ0n) is 21.2. The van der Waals surface area contributed by atoms with Crippen molar-refractivity contribution in [1.29, 1.82) is 0 Å². The van der Waals surface area contributed by atoms with Gasteiger partial charge in [0.15, 0.2) is 0 Å². The van der Waals surface area contributed by atoms with Gasteiger partial charge in [-0.2, -0.15) is 0 Å². The molecule has 0 rings (SSSR count). The number of carbonyl (C=O) groups is 3. The third kappa shape index (κ3) is 16.7. The van der Waals surface area contributed by atoms with Gasteiger partial charge in [0.1, 0.15) is 18.3 Å². The molecule has 0 fully saturated rings. The van der Waals surface area contributed by atoms with Gasteiger partial charge in [-0.05, 0) is 83.1 Å². The van der Waals surface area contributed by atoms with Crippen LogP contribution in [0.1, 0.15) is 83.1 Å². The van der Waals surface area contributed by atoms with Gasteiger partial charge in [-0.3, -0.25) is 0 Å². The van der Waals surface area contributed by atoms with Gasteiger partial charge in [0.05, 0.1) is 0 Å². The fraction of sp³-hybridized carbons (Fsp3) is 0.857. The van der Waals surface area contributed by atoms with Crippen LogP contribution in [0, 0.1) is 0 Å². The van der Waals surface area contributed by atoms with E-state index in [2.05, 4.69) is 0 Å². The molecule has 0 heterocycles. The number of carboxylic acid groups (broad SMARTS) is 3. The minimum absolute atomic E-state index is 0. The molecule has 0 N–H and O–H groups in total. The van der Waals surface area contributed by atoms with E-state index in [-0.39, 0.29) is 53.6 Å². The number of hydrogen-bond acceptors (Lipinski definition) is 6. The Morgan fingerprint density at radius 3 is 0.516 bits per heavy atom. The summed E-state index contributed by atoms with van der Waals surface area (Å²) in [4.78, 5) is 35.1. The van der Waals surface area contributed by atoms with E-state index in [9.17, 15) is 29.7 Å². The summed E-state index contributed by atoms with van der Waals surface area (Å²) >= 11 is 0. The van der Waals surface area contributed by atoms with Gasteiger partial charge in [-0.15, -0.1) is 0 Å². The second-order valence-corrected chi connectivity index (χ2v) is 8.58. The van der Waals surface area contributed by atoms with Crippen molar-refractivity contribution in [3.63, 3.8) is 0 Å². The van der Waals surface area contributed by atoms with Crippen LogP contribution in [0.2, 0.25) is 0 Å². The predicted molar refractivity (Wildman–Crippen MR) is 113 cm³/mol. The van der Waals surface area contributed by atoms with Crippen molar-refractivity contribution in [2.24, 2.45) is 0 Å². The molecule has 0 aromatic rings. The summed E-state index contributed by atoms with van der Waals surface area (Å²) in [5.74, 6) is 0. The summed E-state index contributed by atoms with van der Waals surface area (Å²) in [6, 6.07) is 0.0278. The van der Waals surface area contributed by atoms with Gasteiger partial charge in [-0.1, -0.05) is 0 Å². The van der Waals surface area contributed by atoms with E-state index in [1.54, 1.807) is 0 Å². The molecule has 0 unspecified atom stereocenters. The van der Waals surface area contributed by atoms with Crippen LogP contribution in [0.25, 0.3) is 0 Å². The van der Waals surface area contributed by atoms with E-state index in [1.807, 2.05) is 83.1 Å². The summed E-state index contributed by atoms with van der Waals surface area (Å²) in [6.45, 7) is 21.9. The molecule has 0 aromatic heterocycles. The number of nitrogens with zero attached hydrogens (tertiary/aromatic N) is 3. The molecule has 31 heavy (non-hydrogen) atoms. The summed E-state index contributed by atoms with van der Waals surface area (Å²) in [5, 5.41) is 31.2. The van der Waals surface area contributed by atoms with E-state index in [0.29, 0.717) is 0 Å². The number of rotatable bonds is 6. The largest absolute Gasteiger partial charge is 3.00 e. The quantitative estimate of drug-likeness (QED) is 0.559. The van der Waals surface area contributed by atoms with E-state index in [1.165, 1.54) is 14.7 Å². The molecule has 0 spiro atoms. The summed E-state index contributed by atoms with van der Waals surface area (Å²) in [6.07, 6.45) is -3.28. The molecule has 0 bridgehead atoms. The molecule has 9 nitrogen and oxygen atoms in total. The summed E-state index contributed by atoms with van der Waals surface area (Å²) in [5.41, 5.74) is 0. The zero-order chi connectivity index (χ0) is 24.9. The van der Waals surface area contributed by atoms with Crippen molar-refractivity contribution in [1.82, 2.24) is 14.7 Å². The average molecular weight is 485 g/mol. The monoisotopic (exact) mass is 484 g/mol.